The lowest BCUT2D eigenvalue weighted by atomic mass is 10.1. The van der Waals surface area contributed by atoms with Crippen LogP contribution in [0, 0.1) is 13.8 Å². The Morgan fingerprint density at radius 3 is 2.18 bits per heavy atom. The highest BCUT2D eigenvalue weighted by Gasteiger charge is 2.22. The van der Waals surface area contributed by atoms with Gasteiger partial charge in [-0.2, -0.15) is 0 Å². The van der Waals surface area contributed by atoms with Gasteiger partial charge in [-0.15, -0.1) is 0 Å². The van der Waals surface area contributed by atoms with E-state index in [-0.39, 0.29) is 6.54 Å². The number of nitrogens with one attached hydrogen (secondary N) is 1. The molecule has 0 heterocycles. The first-order chi connectivity index (χ1) is 7.89. The first kappa shape index (κ1) is 14.0. The van der Waals surface area contributed by atoms with Crippen LogP contribution in [0.3, 0.4) is 0 Å². The van der Waals surface area contributed by atoms with Crippen molar-refractivity contribution >= 4 is 15.7 Å². The van der Waals surface area contributed by atoms with Gasteiger partial charge < -0.3 is 5.73 Å². The number of aryl methyl sites for hydroxylation is 2. The standard InChI is InChI=1S/C12H20N2O2S/c1-4-12(8-13)17(15,16)14-11-6-9(2)5-10(3)7-11/h5-7,12,14H,4,8,13H2,1-3H3. The zero-order chi connectivity index (χ0) is 13.1. The van der Waals surface area contributed by atoms with Crippen molar-refractivity contribution in [3.63, 3.8) is 0 Å². The van der Waals surface area contributed by atoms with E-state index in [0.717, 1.165) is 11.1 Å². The van der Waals surface area contributed by atoms with Crippen LogP contribution in [0.1, 0.15) is 24.5 Å². The molecule has 0 saturated carbocycles. The number of nitrogens with two attached hydrogens (primary N) is 1. The van der Waals surface area contributed by atoms with Gasteiger partial charge in [-0.05, 0) is 43.5 Å². The molecular weight excluding hydrogens is 236 g/mol. The van der Waals surface area contributed by atoms with Crippen molar-refractivity contribution in [2.75, 3.05) is 11.3 Å². The fraction of sp³-hybridized carbons (Fsp3) is 0.500. The third-order valence-electron chi connectivity index (χ3n) is 2.64. The summed E-state index contributed by atoms with van der Waals surface area (Å²) < 4.78 is 26.6. The molecule has 0 fully saturated rings. The van der Waals surface area contributed by atoms with E-state index in [1.54, 1.807) is 0 Å². The Morgan fingerprint density at radius 2 is 1.76 bits per heavy atom. The van der Waals surface area contributed by atoms with Gasteiger partial charge in [0.1, 0.15) is 0 Å². The fourth-order valence-corrected chi connectivity index (χ4v) is 3.10. The molecule has 0 spiro atoms. The van der Waals surface area contributed by atoms with Crippen LogP contribution >= 0.6 is 0 Å². The van der Waals surface area contributed by atoms with E-state index < -0.39 is 15.3 Å². The van der Waals surface area contributed by atoms with Crippen LogP contribution in [0.4, 0.5) is 5.69 Å². The summed E-state index contributed by atoms with van der Waals surface area (Å²) in [6, 6.07) is 5.62. The molecule has 3 N–H and O–H groups in total. The maximum atomic E-state index is 12.0. The Bertz CT molecular complexity index is 459. The molecule has 0 aliphatic heterocycles. The van der Waals surface area contributed by atoms with Crippen LogP contribution in [0.5, 0.6) is 0 Å². The van der Waals surface area contributed by atoms with Gasteiger partial charge in [0.25, 0.3) is 0 Å². The lowest BCUT2D eigenvalue weighted by Crippen LogP contribution is -2.33. The Balaban J connectivity index is 2.97. The van der Waals surface area contributed by atoms with Gasteiger partial charge in [0.2, 0.25) is 10.0 Å². The average molecular weight is 256 g/mol. The van der Waals surface area contributed by atoms with Crippen LogP contribution in [-0.4, -0.2) is 20.2 Å². The molecule has 0 radical (unpaired) electrons. The van der Waals surface area contributed by atoms with E-state index in [1.807, 2.05) is 39.0 Å². The van der Waals surface area contributed by atoms with Crippen LogP contribution in [-0.2, 0) is 10.0 Å². The molecule has 1 rings (SSSR count). The van der Waals surface area contributed by atoms with Crippen LogP contribution in [0.2, 0.25) is 0 Å². The quantitative estimate of drug-likeness (QED) is 0.843. The lowest BCUT2D eigenvalue weighted by molar-refractivity contribution is 0.581. The number of sulfonamides is 1. The van der Waals surface area contributed by atoms with E-state index in [9.17, 15) is 8.42 Å². The average Bonchev–Trinajstić information content (AvgIpc) is 2.15. The highest BCUT2D eigenvalue weighted by atomic mass is 32.2. The topological polar surface area (TPSA) is 72.2 Å². The van der Waals surface area contributed by atoms with E-state index in [1.165, 1.54) is 0 Å². The number of hydrogen-bond acceptors (Lipinski definition) is 3. The van der Waals surface area contributed by atoms with Crippen molar-refractivity contribution in [1.29, 1.82) is 0 Å². The lowest BCUT2D eigenvalue weighted by Gasteiger charge is -2.16. The summed E-state index contributed by atoms with van der Waals surface area (Å²) >= 11 is 0. The summed E-state index contributed by atoms with van der Waals surface area (Å²) in [5, 5.41) is -0.539. The molecule has 0 aliphatic carbocycles. The van der Waals surface area contributed by atoms with Gasteiger partial charge in [-0.3, -0.25) is 4.72 Å². The predicted octanol–water partition coefficient (Wildman–Crippen LogP) is 1.78. The number of rotatable bonds is 5. The summed E-state index contributed by atoms with van der Waals surface area (Å²) in [6.07, 6.45) is 0.511. The minimum atomic E-state index is -3.38. The van der Waals surface area contributed by atoms with E-state index >= 15 is 0 Å². The number of benzene rings is 1. The van der Waals surface area contributed by atoms with Crippen LogP contribution < -0.4 is 10.5 Å². The van der Waals surface area contributed by atoms with Crippen LogP contribution in [0.25, 0.3) is 0 Å². The Labute approximate surface area is 103 Å². The second kappa shape index (κ2) is 5.51. The van der Waals surface area contributed by atoms with Gasteiger partial charge in [0.15, 0.2) is 0 Å². The van der Waals surface area contributed by atoms with Gasteiger partial charge in [-0.25, -0.2) is 8.42 Å². The second-order valence-corrected chi connectivity index (χ2v) is 6.25. The first-order valence-electron chi connectivity index (χ1n) is 5.69. The van der Waals surface area contributed by atoms with Crippen molar-refractivity contribution in [2.24, 2.45) is 5.73 Å². The minimum absolute atomic E-state index is 0.136. The molecule has 1 atom stereocenters. The SMILES string of the molecule is CCC(CN)S(=O)(=O)Nc1cc(C)cc(C)c1. The molecule has 5 heteroatoms. The van der Waals surface area contributed by atoms with Crippen LogP contribution in [0.15, 0.2) is 18.2 Å². The first-order valence-corrected chi connectivity index (χ1v) is 7.23. The Morgan fingerprint density at radius 1 is 1.24 bits per heavy atom. The highest BCUT2D eigenvalue weighted by molar-refractivity contribution is 7.93. The zero-order valence-corrected chi connectivity index (χ0v) is 11.3. The second-order valence-electron chi connectivity index (χ2n) is 4.29. The molecule has 0 amide bonds. The van der Waals surface area contributed by atoms with Crippen molar-refractivity contribution in [2.45, 2.75) is 32.4 Å². The summed E-state index contributed by atoms with van der Waals surface area (Å²) in [7, 11) is -3.38. The maximum Gasteiger partial charge on any atom is 0.236 e. The molecule has 0 bridgehead atoms. The van der Waals surface area contributed by atoms with Gasteiger partial charge in [0, 0.05) is 12.2 Å². The van der Waals surface area contributed by atoms with Gasteiger partial charge >= 0.3 is 0 Å². The third kappa shape index (κ3) is 3.71. The van der Waals surface area contributed by atoms with Crippen molar-refractivity contribution < 1.29 is 8.42 Å². The van der Waals surface area contributed by atoms with Crippen molar-refractivity contribution in [3.8, 4) is 0 Å². The number of anilines is 1. The molecule has 0 aromatic heterocycles. The zero-order valence-electron chi connectivity index (χ0n) is 10.5. The molecule has 1 aromatic carbocycles. The summed E-state index contributed by atoms with van der Waals surface area (Å²) in [4.78, 5) is 0. The van der Waals surface area contributed by atoms with E-state index in [2.05, 4.69) is 4.72 Å². The maximum absolute atomic E-state index is 12.0. The summed E-state index contributed by atoms with van der Waals surface area (Å²) in [6.45, 7) is 5.82. The number of hydrogen-bond donors (Lipinski definition) is 2. The third-order valence-corrected chi connectivity index (χ3v) is 4.56. The monoisotopic (exact) mass is 256 g/mol. The smallest absolute Gasteiger partial charge is 0.236 e. The molecule has 1 aromatic rings. The van der Waals surface area contributed by atoms with Crippen molar-refractivity contribution in [1.82, 2.24) is 0 Å². The predicted molar refractivity (Wildman–Crippen MR) is 71.6 cm³/mol. The molecule has 96 valence electrons. The van der Waals surface area contributed by atoms with E-state index in [0.29, 0.717) is 12.1 Å². The van der Waals surface area contributed by atoms with E-state index in [4.69, 9.17) is 5.73 Å². The fourth-order valence-electron chi connectivity index (χ4n) is 1.79. The largest absolute Gasteiger partial charge is 0.329 e. The Kier molecular flexibility index (Phi) is 4.54. The molecule has 1 unspecified atom stereocenters. The normalized spacial score (nSPS) is 13.4. The molecule has 0 saturated heterocycles. The molecule has 4 nitrogen and oxygen atoms in total. The molecular formula is C12H20N2O2S. The minimum Gasteiger partial charge on any atom is -0.329 e. The van der Waals surface area contributed by atoms with Gasteiger partial charge in [0.05, 0.1) is 5.25 Å². The summed E-state index contributed by atoms with van der Waals surface area (Å²) in [5.41, 5.74) is 8.13. The van der Waals surface area contributed by atoms with Crippen molar-refractivity contribution in [3.05, 3.63) is 29.3 Å². The van der Waals surface area contributed by atoms with Gasteiger partial charge in [-0.1, -0.05) is 13.0 Å². The Hall–Kier alpha value is -1.07. The highest BCUT2D eigenvalue weighted by Crippen LogP contribution is 2.17. The summed E-state index contributed by atoms with van der Waals surface area (Å²) in [5.74, 6) is 0. The molecule has 17 heavy (non-hydrogen) atoms. The molecule has 0 aliphatic rings.